The summed E-state index contributed by atoms with van der Waals surface area (Å²) in [5, 5.41) is 49.1. The molecule has 7 N–H and O–H groups in total. The standard InChI is InChI=1S/C36H41N5O10/c1-39(2)23-15-21(38-34(48)22-11-8-12-41(22)35(49)51-16-17-9-6-5-7-10-17)28(42)25-19(23)13-18-14-20-27(40(3)4)30(44)26(33(37)47)32(46)36(20,50)31(45)24(18)29(25)43/h5-7,9-10,15,18,20,22,27,42-43,46,50H,8,11-14,16H2,1-4H3,(H2,37,47)(H,38,48)/t18-,20-,22-,27-,36-/m0/s1. The van der Waals surface area contributed by atoms with Crippen molar-refractivity contribution in [3.8, 4) is 5.75 Å². The van der Waals surface area contributed by atoms with Crippen LogP contribution in [0.4, 0.5) is 16.2 Å². The van der Waals surface area contributed by atoms with Crippen molar-refractivity contribution in [2.75, 3.05) is 45.0 Å². The number of ether oxygens (including phenoxy) is 1. The van der Waals surface area contributed by atoms with Gasteiger partial charge in [0.1, 0.15) is 35.5 Å². The first-order chi connectivity index (χ1) is 24.1. The smallest absolute Gasteiger partial charge is 0.410 e. The predicted molar refractivity (Wildman–Crippen MR) is 184 cm³/mol. The van der Waals surface area contributed by atoms with Gasteiger partial charge in [-0.15, -0.1) is 0 Å². The Hall–Kier alpha value is -5.41. The minimum Gasteiger partial charge on any atom is -0.508 e. The number of phenolic OH excluding ortho intramolecular Hbond substituents is 1. The second kappa shape index (κ2) is 13.0. The van der Waals surface area contributed by atoms with Gasteiger partial charge in [-0.05, 0) is 62.9 Å². The number of nitrogens with one attached hydrogen (secondary N) is 1. The van der Waals surface area contributed by atoms with E-state index in [0.717, 1.165) is 5.56 Å². The molecule has 1 saturated carbocycles. The summed E-state index contributed by atoms with van der Waals surface area (Å²) in [6.07, 6.45) is 0.225. The van der Waals surface area contributed by atoms with E-state index >= 15 is 0 Å². The molecular weight excluding hydrogens is 662 g/mol. The second-order valence-electron chi connectivity index (χ2n) is 13.9. The van der Waals surface area contributed by atoms with E-state index < -0.39 is 81.8 Å². The predicted octanol–water partition coefficient (Wildman–Crippen LogP) is 1.77. The summed E-state index contributed by atoms with van der Waals surface area (Å²) in [6, 6.07) is 8.50. The maximum Gasteiger partial charge on any atom is 0.410 e. The molecule has 2 aromatic rings. The number of fused-ring (bicyclic) bond motifs is 3. The van der Waals surface area contributed by atoms with E-state index in [2.05, 4.69) is 5.32 Å². The number of benzene rings is 2. The summed E-state index contributed by atoms with van der Waals surface area (Å²) < 4.78 is 5.46. The molecule has 0 spiro atoms. The summed E-state index contributed by atoms with van der Waals surface area (Å²) in [5.41, 5.74) is 2.86. The largest absolute Gasteiger partial charge is 0.508 e. The molecule has 1 heterocycles. The van der Waals surface area contributed by atoms with Crippen LogP contribution in [0.1, 0.15) is 36.0 Å². The Morgan fingerprint density at radius 1 is 1.08 bits per heavy atom. The third-order valence-electron chi connectivity index (χ3n) is 10.4. The molecule has 2 fully saturated rings. The van der Waals surface area contributed by atoms with E-state index in [1.54, 1.807) is 19.0 Å². The van der Waals surface area contributed by atoms with Gasteiger partial charge >= 0.3 is 6.09 Å². The fraction of sp³-hybridized carbons (Fsp3) is 0.417. The Morgan fingerprint density at radius 2 is 1.76 bits per heavy atom. The third kappa shape index (κ3) is 5.66. The number of rotatable bonds is 7. The topological polar surface area (TPSA) is 223 Å². The summed E-state index contributed by atoms with van der Waals surface area (Å²) in [6.45, 7) is 0.305. The van der Waals surface area contributed by atoms with Crippen LogP contribution in [0.2, 0.25) is 0 Å². The van der Waals surface area contributed by atoms with Gasteiger partial charge < -0.3 is 41.1 Å². The lowest BCUT2D eigenvalue weighted by molar-refractivity contribution is -0.153. The van der Waals surface area contributed by atoms with E-state index in [0.29, 0.717) is 24.1 Å². The van der Waals surface area contributed by atoms with Gasteiger partial charge in [-0.1, -0.05) is 30.3 Å². The molecule has 0 radical (unpaired) electrons. The fourth-order valence-electron chi connectivity index (χ4n) is 8.06. The van der Waals surface area contributed by atoms with E-state index in [1.165, 1.54) is 30.0 Å². The molecule has 0 unspecified atom stereocenters. The number of nitrogens with two attached hydrogens (primary N) is 1. The first-order valence-electron chi connectivity index (χ1n) is 16.6. The molecule has 1 aliphatic heterocycles. The molecule has 51 heavy (non-hydrogen) atoms. The first-order valence-corrected chi connectivity index (χ1v) is 16.6. The van der Waals surface area contributed by atoms with E-state index in [4.69, 9.17) is 10.5 Å². The molecule has 0 bridgehead atoms. The van der Waals surface area contributed by atoms with Crippen LogP contribution in [0.15, 0.2) is 53.3 Å². The normalized spacial score (nSPS) is 25.7. The van der Waals surface area contributed by atoms with Gasteiger partial charge in [-0.2, -0.15) is 0 Å². The highest BCUT2D eigenvalue weighted by molar-refractivity contribution is 6.24. The Morgan fingerprint density at radius 3 is 2.39 bits per heavy atom. The Kier molecular flexibility index (Phi) is 9.06. The number of hydrogen-bond acceptors (Lipinski definition) is 12. The number of primary amides is 1. The van der Waals surface area contributed by atoms with Crippen LogP contribution in [-0.4, -0.2) is 112 Å². The van der Waals surface area contributed by atoms with Crippen molar-refractivity contribution in [1.29, 1.82) is 0 Å². The van der Waals surface area contributed by atoms with E-state index in [1.807, 2.05) is 30.3 Å². The van der Waals surface area contributed by atoms with Crippen molar-refractivity contribution < 1.29 is 49.1 Å². The number of aliphatic hydroxyl groups excluding tert-OH is 2. The number of anilines is 2. The van der Waals surface area contributed by atoms with Gasteiger partial charge in [0.2, 0.25) is 11.7 Å². The van der Waals surface area contributed by atoms with Crippen molar-refractivity contribution in [2.24, 2.45) is 17.6 Å². The molecule has 15 nitrogen and oxygen atoms in total. The zero-order chi connectivity index (χ0) is 37.1. The number of aromatic hydroxyl groups is 1. The highest BCUT2D eigenvalue weighted by atomic mass is 16.6. The van der Waals surface area contributed by atoms with Crippen LogP contribution < -0.4 is 16.0 Å². The summed E-state index contributed by atoms with van der Waals surface area (Å²) in [5.74, 6) is -8.30. The molecule has 15 heteroatoms. The molecule has 4 aliphatic rings. The van der Waals surface area contributed by atoms with E-state index in [9.17, 15) is 44.4 Å². The van der Waals surface area contributed by atoms with E-state index in [-0.39, 0.29) is 42.8 Å². The summed E-state index contributed by atoms with van der Waals surface area (Å²) >= 11 is 0. The van der Waals surface area contributed by atoms with Crippen molar-refractivity contribution in [1.82, 2.24) is 9.80 Å². The van der Waals surface area contributed by atoms with Gasteiger partial charge in [0.05, 0.1) is 17.3 Å². The second-order valence-corrected chi connectivity index (χ2v) is 13.9. The van der Waals surface area contributed by atoms with Gasteiger partial charge in [0.15, 0.2) is 11.4 Å². The van der Waals surface area contributed by atoms with Crippen LogP contribution in [0.5, 0.6) is 5.75 Å². The number of phenols is 1. The van der Waals surface area contributed by atoms with Crippen LogP contribution in [-0.2, 0) is 36.9 Å². The van der Waals surface area contributed by atoms with Gasteiger partial charge in [0, 0.05) is 37.8 Å². The molecule has 6 rings (SSSR count). The number of nitrogens with zero attached hydrogens (tertiary/aromatic N) is 3. The van der Waals surface area contributed by atoms with Crippen LogP contribution in [0.3, 0.4) is 0 Å². The number of likely N-dealkylation sites (N-methyl/N-ethyl adjacent to an activating group) is 1. The first kappa shape index (κ1) is 35.4. The Labute approximate surface area is 293 Å². The number of aliphatic hydroxyl groups is 3. The highest BCUT2D eigenvalue weighted by Gasteiger charge is 2.64. The number of likely N-dealkylation sites (tertiary alicyclic amines) is 1. The summed E-state index contributed by atoms with van der Waals surface area (Å²) in [4.78, 5) is 71.0. The van der Waals surface area contributed by atoms with Gasteiger partial charge in [-0.3, -0.25) is 29.0 Å². The molecular formula is C36H41N5O10. The number of ketones is 2. The zero-order valence-corrected chi connectivity index (χ0v) is 28.7. The van der Waals surface area contributed by atoms with Gasteiger partial charge in [0.25, 0.3) is 5.91 Å². The number of Topliss-reactive ketones (excluding diaryl/α,β-unsaturated/α-hetero) is 2. The average Bonchev–Trinajstić information content (AvgIpc) is 3.57. The maximum atomic E-state index is 14.2. The van der Waals surface area contributed by atoms with Crippen LogP contribution >= 0.6 is 0 Å². The fourth-order valence-corrected chi connectivity index (χ4v) is 8.06. The molecule has 2 aromatic carbocycles. The number of carbonyl (C=O) groups is 5. The third-order valence-corrected chi connectivity index (χ3v) is 10.4. The Balaban J connectivity index is 1.36. The van der Waals surface area contributed by atoms with Crippen molar-refractivity contribution in [2.45, 2.75) is 50.0 Å². The number of hydrogen-bond donors (Lipinski definition) is 6. The minimum absolute atomic E-state index is 0.0232. The SMILES string of the molecule is CN(C)c1cc(NC(=O)[C@@H]2CCCN2C(=O)OCc2ccccc2)c(O)c2c1C[C@H]1C[C@H]3[C@H](N(C)C)C(=O)C(C(N)=O)=C(O)[C@@]3(O)C(=O)C1=C2O. The quantitative estimate of drug-likeness (QED) is 0.179. The molecule has 270 valence electrons. The van der Waals surface area contributed by atoms with Gasteiger partial charge in [-0.25, -0.2) is 4.79 Å². The lowest BCUT2D eigenvalue weighted by Crippen LogP contribution is -2.65. The van der Waals surface area contributed by atoms with Crippen molar-refractivity contribution >= 4 is 46.6 Å². The lowest BCUT2D eigenvalue weighted by Gasteiger charge is -2.50. The summed E-state index contributed by atoms with van der Waals surface area (Å²) in [7, 11) is 6.50. The van der Waals surface area contributed by atoms with Crippen molar-refractivity contribution in [3.05, 3.63) is 70.0 Å². The molecule has 3 aliphatic carbocycles. The maximum absolute atomic E-state index is 14.2. The zero-order valence-electron chi connectivity index (χ0n) is 28.7. The minimum atomic E-state index is -2.78. The molecule has 1 saturated heterocycles. The van der Waals surface area contributed by atoms with Crippen LogP contribution in [0.25, 0.3) is 5.76 Å². The monoisotopic (exact) mass is 703 g/mol. The molecule has 5 atom stereocenters. The highest BCUT2D eigenvalue weighted by Crippen LogP contribution is 2.54. The van der Waals surface area contributed by atoms with Crippen LogP contribution in [0, 0.1) is 11.8 Å². The average molecular weight is 704 g/mol. The van der Waals surface area contributed by atoms with Crippen molar-refractivity contribution in [3.63, 3.8) is 0 Å². The lowest BCUT2D eigenvalue weighted by atomic mass is 9.57. The number of carbonyl (C=O) groups excluding carboxylic acids is 5. The molecule has 0 aromatic heterocycles. The molecule has 3 amide bonds. The Bertz CT molecular complexity index is 1900. The number of amides is 3.